The SMILES string of the molecule is CC(CNC(=O)CNC(=O)COc1ccccc1)c1ccccc1. The summed E-state index contributed by atoms with van der Waals surface area (Å²) in [5, 5.41) is 5.36. The Labute approximate surface area is 142 Å². The Balaban J connectivity index is 1.63. The molecular formula is C19H22N2O3. The Kier molecular flexibility index (Phi) is 6.83. The summed E-state index contributed by atoms with van der Waals surface area (Å²) in [4.78, 5) is 23.5. The van der Waals surface area contributed by atoms with Gasteiger partial charge >= 0.3 is 0 Å². The van der Waals surface area contributed by atoms with Crippen molar-refractivity contribution in [3.05, 3.63) is 66.2 Å². The molecular weight excluding hydrogens is 304 g/mol. The molecule has 2 rings (SSSR count). The van der Waals surface area contributed by atoms with E-state index in [-0.39, 0.29) is 30.9 Å². The predicted octanol–water partition coefficient (Wildman–Crippen LogP) is 2.10. The number of benzene rings is 2. The normalized spacial score (nSPS) is 11.4. The van der Waals surface area contributed by atoms with Gasteiger partial charge in [-0.1, -0.05) is 55.5 Å². The lowest BCUT2D eigenvalue weighted by molar-refractivity contribution is -0.127. The van der Waals surface area contributed by atoms with Gasteiger partial charge in [0.25, 0.3) is 5.91 Å². The molecule has 5 heteroatoms. The van der Waals surface area contributed by atoms with Crippen molar-refractivity contribution in [2.24, 2.45) is 0 Å². The van der Waals surface area contributed by atoms with E-state index in [9.17, 15) is 9.59 Å². The van der Waals surface area contributed by atoms with Crippen LogP contribution in [0.1, 0.15) is 18.4 Å². The van der Waals surface area contributed by atoms with Crippen molar-refractivity contribution in [1.29, 1.82) is 0 Å². The zero-order valence-electron chi connectivity index (χ0n) is 13.7. The molecule has 0 radical (unpaired) electrons. The highest BCUT2D eigenvalue weighted by atomic mass is 16.5. The van der Waals surface area contributed by atoms with Gasteiger partial charge in [-0.15, -0.1) is 0 Å². The largest absolute Gasteiger partial charge is 0.484 e. The van der Waals surface area contributed by atoms with E-state index in [1.165, 1.54) is 0 Å². The van der Waals surface area contributed by atoms with E-state index >= 15 is 0 Å². The van der Waals surface area contributed by atoms with Crippen LogP contribution >= 0.6 is 0 Å². The summed E-state index contributed by atoms with van der Waals surface area (Å²) >= 11 is 0. The van der Waals surface area contributed by atoms with E-state index in [1.54, 1.807) is 12.1 Å². The van der Waals surface area contributed by atoms with E-state index in [0.29, 0.717) is 12.3 Å². The van der Waals surface area contributed by atoms with E-state index in [4.69, 9.17) is 4.74 Å². The lowest BCUT2D eigenvalue weighted by Gasteiger charge is -2.13. The van der Waals surface area contributed by atoms with Crippen LogP contribution < -0.4 is 15.4 Å². The number of carbonyl (C=O) groups excluding carboxylic acids is 2. The van der Waals surface area contributed by atoms with E-state index in [2.05, 4.69) is 10.6 Å². The fourth-order valence-electron chi connectivity index (χ4n) is 2.12. The third-order valence-corrected chi connectivity index (χ3v) is 3.53. The molecule has 2 aromatic carbocycles. The molecule has 0 aliphatic rings. The van der Waals surface area contributed by atoms with Crippen molar-refractivity contribution in [3.63, 3.8) is 0 Å². The molecule has 0 aromatic heterocycles. The standard InChI is InChI=1S/C19H22N2O3/c1-15(16-8-4-2-5-9-16)12-20-18(22)13-21-19(23)14-24-17-10-6-3-7-11-17/h2-11,15H,12-14H2,1H3,(H,20,22)(H,21,23). The van der Waals surface area contributed by atoms with Gasteiger partial charge in [-0.2, -0.15) is 0 Å². The quantitative estimate of drug-likeness (QED) is 0.781. The maximum Gasteiger partial charge on any atom is 0.258 e. The van der Waals surface area contributed by atoms with Crippen molar-refractivity contribution in [3.8, 4) is 5.75 Å². The number of amides is 2. The monoisotopic (exact) mass is 326 g/mol. The minimum atomic E-state index is -0.329. The summed E-state index contributed by atoms with van der Waals surface area (Å²) in [6, 6.07) is 19.0. The first-order valence-electron chi connectivity index (χ1n) is 7.91. The lowest BCUT2D eigenvalue weighted by atomic mass is 10.0. The molecule has 0 spiro atoms. The van der Waals surface area contributed by atoms with Crippen LogP contribution in [0.3, 0.4) is 0 Å². The van der Waals surface area contributed by atoms with Gasteiger partial charge in [-0.3, -0.25) is 9.59 Å². The molecule has 24 heavy (non-hydrogen) atoms. The second kappa shape index (κ2) is 9.35. The molecule has 5 nitrogen and oxygen atoms in total. The van der Waals surface area contributed by atoms with Gasteiger partial charge in [0.15, 0.2) is 6.61 Å². The average molecular weight is 326 g/mol. The van der Waals surface area contributed by atoms with Gasteiger partial charge in [0, 0.05) is 6.54 Å². The van der Waals surface area contributed by atoms with Crippen LogP contribution in [0.25, 0.3) is 0 Å². The molecule has 2 aromatic rings. The highest BCUT2D eigenvalue weighted by molar-refractivity contribution is 5.85. The molecule has 2 N–H and O–H groups in total. The van der Waals surface area contributed by atoms with Crippen molar-refractivity contribution < 1.29 is 14.3 Å². The number of rotatable bonds is 8. The van der Waals surface area contributed by atoms with Crippen molar-refractivity contribution in [1.82, 2.24) is 10.6 Å². The molecule has 0 aliphatic heterocycles. The Hall–Kier alpha value is -2.82. The van der Waals surface area contributed by atoms with Gasteiger partial charge in [-0.25, -0.2) is 0 Å². The maximum absolute atomic E-state index is 11.8. The van der Waals surface area contributed by atoms with E-state index < -0.39 is 0 Å². The van der Waals surface area contributed by atoms with Crippen LogP contribution in [-0.2, 0) is 9.59 Å². The summed E-state index contributed by atoms with van der Waals surface area (Å²) in [5.74, 6) is 0.289. The second-order valence-corrected chi connectivity index (χ2v) is 5.49. The first-order chi connectivity index (χ1) is 11.6. The molecule has 0 saturated heterocycles. The van der Waals surface area contributed by atoms with Crippen LogP contribution in [-0.4, -0.2) is 31.5 Å². The highest BCUT2D eigenvalue weighted by Gasteiger charge is 2.09. The second-order valence-electron chi connectivity index (χ2n) is 5.49. The van der Waals surface area contributed by atoms with Crippen molar-refractivity contribution in [2.45, 2.75) is 12.8 Å². The molecule has 0 saturated carbocycles. The summed E-state index contributed by atoms with van der Waals surface area (Å²) in [6.45, 7) is 2.40. The third kappa shape index (κ3) is 6.12. The summed E-state index contributed by atoms with van der Waals surface area (Å²) in [5.41, 5.74) is 1.16. The Morgan fingerprint density at radius 2 is 1.54 bits per heavy atom. The Morgan fingerprint density at radius 3 is 2.21 bits per heavy atom. The van der Waals surface area contributed by atoms with Crippen LogP contribution in [0.4, 0.5) is 0 Å². The lowest BCUT2D eigenvalue weighted by Crippen LogP contribution is -2.39. The number of para-hydroxylation sites is 1. The zero-order chi connectivity index (χ0) is 17.2. The molecule has 0 heterocycles. The Bertz CT molecular complexity index is 644. The fourth-order valence-corrected chi connectivity index (χ4v) is 2.12. The number of hydrogen-bond acceptors (Lipinski definition) is 3. The molecule has 0 fully saturated rings. The van der Waals surface area contributed by atoms with Crippen LogP contribution in [0.2, 0.25) is 0 Å². The van der Waals surface area contributed by atoms with Gasteiger partial charge < -0.3 is 15.4 Å². The van der Waals surface area contributed by atoms with Gasteiger partial charge in [-0.05, 0) is 23.6 Å². The molecule has 0 aliphatic carbocycles. The van der Waals surface area contributed by atoms with Crippen molar-refractivity contribution >= 4 is 11.8 Å². The summed E-state index contributed by atoms with van der Waals surface area (Å²) < 4.78 is 5.31. The minimum absolute atomic E-state index is 0.0571. The molecule has 1 atom stereocenters. The minimum Gasteiger partial charge on any atom is -0.484 e. The van der Waals surface area contributed by atoms with Gasteiger partial charge in [0.05, 0.1) is 6.54 Å². The number of ether oxygens (including phenoxy) is 1. The fraction of sp³-hybridized carbons (Fsp3) is 0.263. The molecule has 2 amide bonds. The first kappa shape index (κ1) is 17.5. The molecule has 0 bridgehead atoms. The highest BCUT2D eigenvalue weighted by Crippen LogP contribution is 2.12. The molecule has 1 unspecified atom stereocenters. The smallest absolute Gasteiger partial charge is 0.258 e. The molecule has 126 valence electrons. The average Bonchev–Trinajstić information content (AvgIpc) is 2.64. The van der Waals surface area contributed by atoms with E-state index in [0.717, 1.165) is 5.56 Å². The van der Waals surface area contributed by atoms with Crippen LogP contribution in [0, 0.1) is 0 Å². The zero-order valence-corrected chi connectivity index (χ0v) is 13.7. The van der Waals surface area contributed by atoms with Crippen LogP contribution in [0.15, 0.2) is 60.7 Å². The summed E-state index contributed by atoms with van der Waals surface area (Å²) in [7, 11) is 0. The van der Waals surface area contributed by atoms with Gasteiger partial charge in [0.1, 0.15) is 5.75 Å². The van der Waals surface area contributed by atoms with E-state index in [1.807, 2.05) is 55.5 Å². The summed E-state index contributed by atoms with van der Waals surface area (Å²) in [6.07, 6.45) is 0. The third-order valence-electron chi connectivity index (χ3n) is 3.53. The number of nitrogens with one attached hydrogen (secondary N) is 2. The van der Waals surface area contributed by atoms with Gasteiger partial charge in [0.2, 0.25) is 5.91 Å². The topological polar surface area (TPSA) is 67.4 Å². The Morgan fingerprint density at radius 1 is 0.917 bits per heavy atom. The number of carbonyl (C=O) groups is 2. The van der Waals surface area contributed by atoms with Crippen LogP contribution in [0.5, 0.6) is 5.75 Å². The van der Waals surface area contributed by atoms with Crippen molar-refractivity contribution in [2.75, 3.05) is 19.7 Å². The first-order valence-corrected chi connectivity index (χ1v) is 7.91. The maximum atomic E-state index is 11.8. The number of hydrogen-bond donors (Lipinski definition) is 2. The predicted molar refractivity (Wildman–Crippen MR) is 92.8 cm³/mol.